The molecule has 1 spiro atoms. The van der Waals surface area contributed by atoms with E-state index < -0.39 is 28.5 Å². The van der Waals surface area contributed by atoms with Gasteiger partial charge in [-0.3, -0.25) is 10.1 Å². The average Bonchev–Trinajstić information content (AvgIpc) is 3.00. The molecule has 8 heteroatoms. The second kappa shape index (κ2) is 6.31. The van der Waals surface area contributed by atoms with E-state index >= 15 is 0 Å². The molecule has 0 bridgehead atoms. The molecule has 0 amide bonds. The Morgan fingerprint density at radius 1 is 1.08 bits per heavy atom. The molecule has 1 saturated carbocycles. The van der Waals surface area contributed by atoms with Gasteiger partial charge < -0.3 is 13.9 Å². The van der Waals surface area contributed by atoms with E-state index in [1.165, 1.54) is 30.4 Å². The Morgan fingerprint density at radius 3 is 2.33 bits per heavy atom. The molecule has 2 aliphatic rings. The molecule has 1 saturated heterocycles. The number of carbonyl (C=O) groups is 2. The van der Waals surface area contributed by atoms with Crippen LogP contribution in [0, 0.1) is 10.1 Å². The fraction of sp³-hybridized carbons (Fsp3) is 0.375. The minimum absolute atomic E-state index is 0.219. The van der Waals surface area contributed by atoms with E-state index in [-0.39, 0.29) is 11.3 Å². The van der Waals surface area contributed by atoms with Crippen LogP contribution in [0.4, 0.5) is 5.88 Å². The summed E-state index contributed by atoms with van der Waals surface area (Å²) in [7, 11) is 0. The highest BCUT2D eigenvalue weighted by molar-refractivity contribution is 6.15. The first-order valence-electron chi connectivity index (χ1n) is 7.58. The Hall–Kier alpha value is -2.90. The highest BCUT2D eigenvalue weighted by Gasteiger charge is 2.46. The summed E-state index contributed by atoms with van der Waals surface area (Å²) in [6.45, 7) is 0. The summed E-state index contributed by atoms with van der Waals surface area (Å²) in [5.41, 5.74) is -0.219. The molecule has 3 rings (SSSR count). The minimum Gasteiger partial charge on any atom is -0.419 e. The molecule has 0 radical (unpaired) electrons. The van der Waals surface area contributed by atoms with E-state index in [9.17, 15) is 19.7 Å². The van der Waals surface area contributed by atoms with Gasteiger partial charge >= 0.3 is 17.8 Å². The van der Waals surface area contributed by atoms with Crippen molar-refractivity contribution < 1.29 is 28.4 Å². The SMILES string of the molecule is O=C1OC2(CCCCC2)OC(=O)C1=C/C=C\c1ccc([N+](=O)[O-])o1. The molecule has 0 aromatic carbocycles. The number of nitrogens with zero attached hydrogens (tertiary/aromatic N) is 1. The summed E-state index contributed by atoms with van der Waals surface area (Å²) in [4.78, 5) is 34.0. The predicted octanol–water partition coefficient (Wildman–Crippen LogP) is 2.89. The van der Waals surface area contributed by atoms with E-state index in [1.807, 2.05) is 0 Å². The van der Waals surface area contributed by atoms with Gasteiger partial charge in [0.1, 0.15) is 16.3 Å². The van der Waals surface area contributed by atoms with Crippen LogP contribution in [-0.2, 0) is 19.1 Å². The van der Waals surface area contributed by atoms with E-state index in [0.717, 1.165) is 19.3 Å². The number of carbonyl (C=O) groups excluding carboxylic acids is 2. The Balaban J connectivity index is 1.71. The van der Waals surface area contributed by atoms with Crippen LogP contribution in [0.25, 0.3) is 6.08 Å². The van der Waals surface area contributed by atoms with Gasteiger partial charge in [0, 0.05) is 12.8 Å². The number of allylic oxidation sites excluding steroid dienone is 2. The molecular formula is C16H15NO7. The second-order valence-corrected chi connectivity index (χ2v) is 5.62. The lowest BCUT2D eigenvalue weighted by molar-refractivity contribution is -0.402. The van der Waals surface area contributed by atoms with Crippen molar-refractivity contribution in [2.75, 3.05) is 0 Å². The predicted molar refractivity (Wildman–Crippen MR) is 80.5 cm³/mol. The van der Waals surface area contributed by atoms with Crippen LogP contribution in [0.5, 0.6) is 0 Å². The lowest BCUT2D eigenvalue weighted by atomic mass is 9.93. The molecule has 126 valence electrons. The van der Waals surface area contributed by atoms with Crippen LogP contribution in [0.15, 0.2) is 34.3 Å². The summed E-state index contributed by atoms with van der Waals surface area (Å²) >= 11 is 0. The van der Waals surface area contributed by atoms with Gasteiger partial charge in [-0.05, 0) is 31.1 Å². The lowest BCUT2D eigenvalue weighted by Gasteiger charge is -2.38. The van der Waals surface area contributed by atoms with Crippen LogP contribution in [-0.4, -0.2) is 22.6 Å². The van der Waals surface area contributed by atoms with Crippen LogP contribution >= 0.6 is 0 Å². The Kier molecular flexibility index (Phi) is 4.20. The zero-order valence-corrected chi connectivity index (χ0v) is 12.7. The molecule has 2 fully saturated rings. The molecule has 1 aliphatic carbocycles. The fourth-order valence-corrected chi connectivity index (χ4v) is 2.75. The van der Waals surface area contributed by atoms with Crippen molar-refractivity contribution >= 4 is 23.9 Å². The molecule has 0 unspecified atom stereocenters. The van der Waals surface area contributed by atoms with Gasteiger partial charge in [-0.2, -0.15) is 0 Å². The van der Waals surface area contributed by atoms with E-state index in [2.05, 4.69) is 0 Å². The van der Waals surface area contributed by atoms with E-state index in [0.29, 0.717) is 12.8 Å². The first-order valence-corrected chi connectivity index (χ1v) is 7.58. The first-order chi connectivity index (χ1) is 11.5. The standard InChI is InChI=1S/C16H15NO7/c18-14-12(6-4-5-11-7-8-13(22-11)17(20)21)15(19)24-16(23-14)9-2-1-3-10-16/h4-8H,1-3,9-10H2/b5-4-. The normalized spacial score (nSPS) is 20.1. The molecule has 24 heavy (non-hydrogen) atoms. The lowest BCUT2D eigenvalue weighted by Crippen LogP contribution is -2.47. The number of esters is 2. The smallest absolute Gasteiger partial charge is 0.419 e. The molecule has 1 aliphatic heterocycles. The van der Waals surface area contributed by atoms with Crippen molar-refractivity contribution in [1.82, 2.24) is 0 Å². The van der Waals surface area contributed by atoms with Gasteiger partial charge in [-0.15, -0.1) is 0 Å². The second-order valence-electron chi connectivity index (χ2n) is 5.62. The maximum Gasteiger partial charge on any atom is 0.433 e. The number of furan rings is 1. The van der Waals surface area contributed by atoms with Gasteiger partial charge in [0.15, 0.2) is 0 Å². The highest BCUT2D eigenvalue weighted by atomic mass is 16.7. The maximum absolute atomic E-state index is 12.1. The van der Waals surface area contributed by atoms with Crippen LogP contribution in [0.3, 0.4) is 0 Å². The van der Waals surface area contributed by atoms with E-state index in [1.54, 1.807) is 0 Å². The zero-order chi connectivity index (χ0) is 17.2. The number of rotatable bonds is 3. The fourth-order valence-electron chi connectivity index (χ4n) is 2.75. The van der Waals surface area contributed by atoms with Gasteiger partial charge in [0.25, 0.3) is 5.79 Å². The number of ether oxygens (including phenoxy) is 2. The van der Waals surface area contributed by atoms with Crippen molar-refractivity contribution in [3.8, 4) is 0 Å². The summed E-state index contributed by atoms with van der Waals surface area (Å²) in [5, 5.41) is 10.5. The summed E-state index contributed by atoms with van der Waals surface area (Å²) in [6, 6.07) is 2.62. The van der Waals surface area contributed by atoms with Crippen molar-refractivity contribution in [3.05, 3.63) is 45.7 Å². The Morgan fingerprint density at radius 2 is 1.75 bits per heavy atom. The third-order valence-corrected chi connectivity index (χ3v) is 3.93. The topological polar surface area (TPSA) is 109 Å². The monoisotopic (exact) mass is 333 g/mol. The Bertz CT molecular complexity index is 715. The van der Waals surface area contributed by atoms with Gasteiger partial charge in [-0.1, -0.05) is 12.5 Å². The summed E-state index contributed by atoms with van der Waals surface area (Å²) in [5.74, 6) is -2.72. The molecule has 2 heterocycles. The Labute approximate surface area is 136 Å². The van der Waals surface area contributed by atoms with Crippen molar-refractivity contribution in [2.24, 2.45) is 0 Å². The van der Waals surface area contributed by atoms with Crippen LogP contribution in [0.2, 0.25) is 0 Å². The molecule has 1 aromatic heterocycles. The van der Waals surface area contributed by atoms with Gasteiger partial charge in [-0.25, -0.2) is 9.59 Å². The first kappa shape index (κ1) is 16.0. The third-order valence-electron chi connectivity index (χ3n) is 3.93. The largest absolute Gasteiger partial charge is 0.433 e. The molecule has 0 N–H and O–H groups in total. The number of nitro groups is 1. The number of hydrogen-bond acceptors (Lipinski definition) is 7. The van der Waals surface area contributed by atoms with Crippen molar-refractivity contribution in [1.29, 1.82) is 0 Å². The van der Waals surface area contributed by atoms with Gasteiger partial charge in [0.05, 0.1) is 6.07 Å². The summed E-state index contributed by atoms with van der Waals surface area (Å²) < 4.78 is 15.6. The van der Waals surface area contributed by atoms with Crippen molar-refractivity contribution in [3.63, 3.8) is 0 Å². The minimum atomic E-state index is -1.12. The highest BCUT2D eigenvalue weighted by Crippen LogP contribution is 2.36. The third kappa shape index (κ3) is 3.22. The average molecular weight is 333 g/mol. The maximum atomic E-state index is 12.1. The summed E-state index contributed by atoms with van der Waals surface area (Å²) in [6.07, 6.45) is 7.76. The molecule has 1 aromatic rings. The van der Waals surface area contributed by atoms with Crippen LogP contribution in [0.1, 0.15) is 37.9 Å². The molecular weight excluding hydrogens is 318 g/mol. The van der Waals surface area contributed by atoms with Crippen LogP contribution < -0.4 is 0 Å². The van der Waals surface area contributed by atoms with E-state index in [4.69, 9.17) is 13.9 Å². The number of hydrogen-bond donors (Lipinski definition) is 0. The molecule has 0 atom stereocenters. The quantitative estimate of drug-likeness (QED) is 0.275. The zero-order valence-electron chi connectivity index (χ0n) is 12.7. The van der Waals surface area contributed by atoms with Gasteiger partial charge in [0.2, 0.25) is 0 Å². The van der Waals surface area contributed by atoms with Crippen molar-refractivity contribution in [2.45, 2.75) is 37.9 Å². The molecule has 8 nitrogen and oxygen atoms in total.